The molecule has 0 atom stereocenters. The van der Waals surface area contributed by atoms with Crippen LogP contribution in [0.1, 0.15) is 19.5 Å². The van der Waals surface area contributed by atoms with E-state index in [9.17, 15) is 0 Å². The molecule has 0 aliphatic heterocycles. The molecule has 6 heteroatoms. The van der Waals surface area contributed by atoms with Gasteiger partial charge in [-0.1, -0.05) is 13.8 Å². The number of nitrogens with one attached hydrogen (secondary N) is 1. The first-order valence-corrected chi connectivity index (χ1v) is 7.12. The summed E-state index contributed by atoms with van der Waals surface area (Å²) in [5.41, 5.74) is 1.06. The van der Waals surface area contributed by atoms with Crippen molar-refractivity contribution in [3.8, 4) is 0 Å². The molecule has 1 aromatic heterocycles. The van der Waals surface area contributed by atoms with Crippen LogP contribution in [0.4, 0.5) is 0 Å². The van der Waals surface area contributed by atoms with Crippen molar-refractivity contribution < 1.29 is 14.2 Å². The van der Waals surface area contributed by atoms with Crippen LogP contribution >= 0.6 is 0 Å². The molecule has 0 saturated heterocycles. The lowest BCUT2D eigenvalue weighted by Crippen LogP contribution is -2.22. The number of methoxy groups -OCH3 is 1. The van der Waals surface area contributed by atoms with E-state index in [-0.39, 0.29) is 0 Å². The quantitative estimate of drug-likeness (QED) is 0.582. The molecule has 116 valence electrons. The van der Waals surface area contributed by atoms with Crippen LogP contribution in [0, 0.1) is 0 Å². The molecule has 0 radical (unpaired) electrons. The van der Waals surface area contributed by atoms with Gasteiger partial charge in [-0.25, -0.2) is 0 Å². The number of aromatic nitrogens is 2. The topological polar surface area (TPSA) is 57.5 Å². The third-order valence-corrected chi connectivity index (χ3v) is 2.66. The van der Waals surface area contributed by atoms with Gasteiger partial charge in [-0.2, -0.15) is 5.10 Å². The van der Waals surface area contributed by atoms with Crippen molar-refractivity contribution in [1.82, 2.24) is 15.1 Å². The fraction of sp³-hybridized carbons (Fsp3) is 0.786. The maximum absolute atomic E-state index is 5.48. The van der Waals surface area contributed by atoms with Crippen LogP contribution in [0.2, 0.25) is 0 Å². The summed E-state index contributed by atoms with van der Waals surface area (Å²) in [7, 11) is 1.66. The Morgan fingerprint density at radius 1 is 1.15 bits per heavy atom. The molecule has 1 heterocycles. The summed E-state index contributed by atoms with van der Waals surface area (Å²) in [6, 6.07) is 2.50. The Labute approximate surface area is 121 Å². The van der Waals surface area contributed by atoms with Crippen molar-refractivity contribution in [3.05, 3.63) is 18.0 Å². The van der Waals surface area contributed by atoms with E-state index in [0.717, 1.165) is 18.8 Å². The molecule has 0 fully saturated rings. The molecule has 0 aliphatic rings. The first-order chi connectivity index (χ1) is 9.72. The van der Waals surface area contributed by atoms with E-state index >= 15 is 0 Å². The van der Waals surface area contributed by atoms with Crippen LogP contribution in [0.5, 0.6) is 0 Å². The van der Waals surface area contributed by atoms with Gasteiger partial charge in [0.15, 0.2) is 0 Å². The summed E-state index contributed by atoms with van der Waals surface area (Å²) in [5.74, 6) is 0. The average molecular weight is 285 g/mol. The maximum atomic E-state index is 5.48. The van der Waals surface area contributed by atoms with Crippen molar-refractivity contribution in [2.24, 2.45) is 0 Å². The summed E-state index contributed by atoms with van der Waals surface area (Å²) >= 11 is 0. The van der Waals surface area contributed by atoms with Gasteiger partial charge in [-0.3, -0.25) is 4.68 Å². The van der Waals surface area contributed by atoms with Crippen molar-refractivity contribution in [2.75, 3.05) is 40.1 Å². The number of nitrogens with zero attached hydrogens (tertiary/aromatic N) is 2. The minimum Gasteiger partial charge on any atom is -0.382 e. The molecule has 0 aromatic carbocycles. The lowest BCUT2D eigenvalue weighted by Gasteiger charge is -2.06. The minimum atomic E-state index is 0.474. The zero-order chi connectivity index (χ0) is 14.6. The smallest absolute Gasteiger partial charge is 0.0762 e. The predicted molar refractivity (Wildman–Crippen MR) is 77.7 cm³/mol. The van der Waals surface area contributed by atoms with E-state index in [4.69, 9.17) is 14.2 Å². The molecule has 0 amide bonds. The Morgan fingerprint density at radius 2 is 1.85 bits per heavy atom. The van der Waals surface area contributed by atoms with Gasteiger partial charge in [-0.05, 0) is 6.07 Å². The van der Waals surface area contributed by atoms with Gasteiger partial charge in [0.25, 0.3) is 0 Å². The van der Waals surface area contributed by atoms with Crippen LogP contribution in [-0.4, -0.2) is 56.0 Å². The second kappa shape index (κ2) is 10.8. The number of rotatable bonds is 12. The van der Waals surface area contributed by atoms with Gasteiger partial charge in [0.05, 0.1) is 45.3 Å². The Hall–Kier alpha value is -0.950. The zero-order valence-electron chi connectivity index (χ0n) is 12.8. The van der Waals surface area contributed by atoms with Gasteiger partial charge in [0.2, 0.25) is 0 Å². The van der Waals surface area contributed by atoms with E-state index < -0.39 is 0 Å². The Balaban J connectivity index is 2.01. The second-order valence-corrected chi connectivity index (χ2v) is 4.82. The Bertz CT molecular complexity index is 342. The maximum Gasteiger partial charge on any atom is 0.0762 e. The molecule has 0 unspecified atom stereocenters. The van der Waals surface area contributed by atoms with E-state index in [1.165, 1.54) is 0 Å². The molecule has 1 N–H and O–H groups in total. The van der Waals surface area contributed by atoms with Crippen molar-refractivity contribution in [3.63, 3.8) is 0 Å². The van der Waals surface area contributed by atoms with Gasteiger partial charge in [0.1, 0.15) is 0 Å². The second-order valence-electron chi connectivity index (χ2n) is 4.82. The molecule has 1 rings (SSSR count). The molecule has 0 aliphatic carbocycles. The lowest BCUT2D eigenvalue weighted by molar-refractivity contribution is 0.0225. The third-order valence-electron chi connectivity index (χ3n) is 2.66. The van der Waals surface area contributed by atoms with Crippen molar-refractivity contribution in [1.29, 1.82) is 0 Å². The van der Waals surface area contributed by atoms with E-state index in [1.807, 2.05) is 16.9 Å². The lowest BCUT2D eigenvalue weighted by atomic mass is 10.3. The highest BCUT2D eigenvalue weighted by atomic mass is 16.5. The van der Waals surface area contributed by atoms with Gasteiger partial charge < -0.3 is 19.5 Å². The largest absolute Gasteiger partial charge is 0.382 e. The summed E-state index contributed by atoms with van der Waals surface area (Å²) in [4.78, 5) is 0. The highest BCUT2D eigenvalue weighted by molar-refractivity contribution is 4.98. The molecule has 6 nitrogen and oxygen atoms in total. The Morgan fingerprint density at radius 3 is 2.55 bits per heavy atom. The predicted octanol–water partition coefficient (Wildman–Crippen LogP) is 1.06. The molecule has 1 aromatic rings. The fourth-order valence-electron chi connectivity index (χ4n) is 1.55. The summed E-state index contributed by atoms with van der Waals surface area (Å²) in [6.07, 6.45) is 1.98. The monoisotopic (exact) mass is 285 g/mol. The number of hydrogen-bond donors (Lipinski definition) is 1. The molecule has 0 spiro atoms. The summed E-state index contributed by atoms with van der Waals surface area (Å²) in [5, 5.41) is 7.81. The highest BCUT2D eigenvalue weighted by Gasteiger charge is 2.00. The summed E-state index contributed by atoms with van der Waals surface area (Å²) in [6.45, 7) is 8.91. The van der Waals surface area contributed by atoms with E-state index in [0.29, 0.717) is 39.1 Å². The molecule has 0 saturated carbocycles. The van der Waals surface area contributed by atoms with Gasteiger partial charge >= 0.3 is 0 Å². The molecule has 20 heavy (non-hydrogen) atoms. The van der Waals surface area contributed by atoms with Crippen LogP contribution in [-0.2, 0) is 27.3 Å². The zero-order valence-corrected chi connectivity index (χ0v) is 12.8. The van der Waals surface area contributed by atoms with Crippen molar-refractivity contribution >= 4 is 0 Å². The van der Waals surface area contributed by atoms with Crippen LogP contribution in [0.25, 0.3) is 0 Å². The average Bonchev–Trinajstić information content (AvgIpc) is 2.87. The highest BCUT2D eigenvalue weighted by Crippen LogP contribution is 1.96. The number of ether oxygens (including phenoxy) is 3. The van der Waals surface area contributed by atoms with Crippen molar-refractivity contribution in [2.45, 2.75) is 33.0 Å². The number of hydrogen-bond acceptors (Lipinski definition) is 5. The van der Waals surface area contributed by atoms with Crippen LogP contribution < -0.4 is 5.32 Å². The van der Waals surface area contributed by atoms with Gasteiger partial charge in [0, 0.05) is 25.9 Å². The third kappa shape index (κ3) is 8.27. The van der Waals surface area contributed by atoms with Crippen LogP contribution in [0.15, 0.2) is 12.3 Å². The standard InChI is InChI=1S/C14H27N3O3/c1-13(2)15-12-14-4-5-17(16-14)6-7-19-10-11-20-9-8-18-3/h4-5,13,15H,6-12H2,1-3H3. The Kier molecular flexibility index (Phi) is 9.23. The first kappa shape index (κ1) is 17.1. The normalized spacial score (nSPS) is 11.4. The minimum absolute atomic E-state index is 0.474. The molecule has 0 bridgehead atoms. The fourth-order valence-corrected chi connectivity index (χ4v) is 1.55. The van der Waals surface area contributed by atoms with Crippen LogP contribution in [0.3, 0.4) is 0 Å². The van der Waals surface area contributed by atoms with Gasteiger partial charge in [-0.15, -0.1) is 0 Å². The SMILES string of the molecule is COCCOCCOCCn1ccc(CNC(C)C)n1. The molecular formula is C14H27N3O3. The summed E-state index contributed by atoms with van der Waals surface area (Å²) < 4.78 is 17.6. The van der Waals surface area contributed by atoms with E-state index in [2.05, 4.69) is 24.3 Å². The first-order valence-electron chi connectivity index (χ1n) is 7.12. The van der Waals surface area contributed by atoms with E-state index in [1.54, 1.807) is 7.11 Å². The molecular weight excluding hydrogens is 258 g/mol.